The Kier molecular flexibility index (Phi) is 10.4. The summed E-state index contributed by atoms with van der Waals surface area (Å²) in [5.41, 5.74) is 1.20. The first-order chi connectivity index (χ1) is 18.7. The molecule has 0 aliphatic heterocycles. The monoisotopic (exact) mass is 555 g/mol. The van der Waals surface area contributed by atoms with Crippen molar-refractivity contribution in [2.45, 2.75) is 38.1 Å². The van der Waals surface area contributed by atoms with Crippen molar-refractivity contribution in [3.8, 4) is 5.75 Å². The second-order valence-electron chi connectivity index (χ2n) is 8.79. The van der Waals surface area contributed by atoms with Gasteiger partial charge in [-0.1, -0.05) is 30.3 Å². The molecule has 1 atom stereocenters. The third-order valence-electron chi connectivity index (χ3n) is 6.12. The number of rotatable bonds is 13. The molecule has 3 aromatic carbocycles. The lowest BCUT2D eigenvalue weighted by atomic mass is 10.1. The second kappa shape index (κ2) is 13.7. The number of ether oxygens (including phenoxy) is 1. The van der Waals surface area contributed by atoms with Gasteiger partial charge in [0.2, 0.25) is 11.8 Å². The van der Waals surface area contributed by atoms with E-state index in [1.165, 1.54) is 4.90 Å². The van der Waals surface area contributed by atoms with Crippen LogP contribution >= 0.6 is 0 Å². The average molecular weight is 556 g/mol. The van der Waals surface area contributed by atoms with Gasteiger partial charge in [0.05, 0.1) is 17.2 Å². The highest BCUT2D eigenvalue weighted by Gasteiger charge is 2.32. The molecule has 39 heavy (non-hydrogen) atoms. The minimum atomic E-state index is -4.27. The maximum Gasteiger partial charge on any atom is 0.264 e. The van der Waals surface area contributed by atoms with Crippen LogP contribution in [0.4, 0.5) is 10.1 Å². The van der Waals surface area contributed by atoms with E-state index >= 15 is 0 Å². The number of amides is 2. The summed E-state index contributed by atoms with van der Waals surface area (Å²) in [6.45, 7) is 5.69. The zero-order valence-corrected chi connectivity index (χ0v) is 23.2. The van der Waals surface area contributed by atoms with Crippen molar-refractivity contribution in [2.75, 3.05) is 30.5 Å². The van der Waals surface area contributed by atoms with Gasteiger partial charge < -0.3 is 15.0 Å². The number of sulfonamides is 1. The van der Waals surface area contributed by atoms with Crippen LogP contribution < -0.4 is 14.4 Å². The molecule has 0 aliphatic carbocycles. The highest BCUT2D eigenvalue weighted by Crippen LogP contribution is 2.26. The van der Waals surface area contributed by atoms with E-state index in [4.69, 9.17) is 4.74 Å². The molecule has 208 valence electrons. The molecule has 8 nitrogen and oxygen atoms in total. The third kappa shape index (κ3) is 7.79. The summed E-state index contributed by atoms with van der Waals surface area (Å²) in [6.07, 6.45) is 0.476. The van der Waals surface area contributed by atoms with Gasteiger partial charge in [0, 0.05) is 13.1 Å². The smallest absolute Gasteiger partial charge is 0.264 e. The predicted molar refractivity (Wildman–Crippen MR) is 149 cm³/mol. The molecule has 0 unspecified atom stereocenters. The Morgan fingerprint density at radius 3 is 2.18 bits per heavy atom. The second-order valence-corrected chi connectivity index (χ2v) is 10.6. The summed E-state index contributed by atoms with van der Waals surface area (Å²) in [4.78, 5) is 27.7. The van der Waals surface area contributed by atoms with Gasteiger partial charge in [-0.25, -0.2) is 12.8 Å². The number of nitrogens with zero attached hydrogens (tertiary/aromatic N) is 2. The molecular formula is C29H34FN3O5S. The zero-order valence-electron chi connectivity index (χ0n) is 22.3. The van der Waals surface area contributed by atoms with Gasteiger partial charge >= 0.3 is 0 Å². The van der Waals surface area contributed by atoms with Gasteiger partial charge in [0.15, 0.2) is 0 Å². The fourth-order valence-corrected chi connectivity index (χ4v) is 5.44. The van der Waals surface area contributed by atoms with E-state index < -0.39 is 34.3 Å². The van der Waals surface area contributed by atoms with E-state index in [9.17, 15) is 22.4 Å². The molecule has 0 spiro atoms. The largest absolute Gasteiger partial charge is 0.494 e. The quantitative estimate of drug-likeness (QED) is 0.344. The first-order valence-electron chi connectivity index (χ1n) is 12.8. The van der Waals surface area contributed by atoms with Crippen LogP contribution in [0, 0.1) is 5.82 Å². The fourth-order valence-electron chi connectivity index (χ4n) is 4.03. The Morgan fingerprint density at radius 2 is 1.59 bits per heavy atom. The molecule has 0 bridgehead atoms. The van der Waals surface area contributed by atoms with Crippen molar-refractivity contribution < 1.29 is 27.1 Å². The fraction of sp³-hybridized carbons (Fsp3) is 0.310. The number of likely N-dealkylation sites (N-methyl/N-ethyl adjacent to an activating group) is 1. The number of hydrogen-bond acceptors (Lipinski definition) is 5. The van der Waals surface area contributed by atoms with Gasteiger partial charge in [0.1, 0.15) is 24.2 Å². The Hall–Kier alpha value is -3.92. The van der Waals surface area contributed by atoms with Crippen LogP contribution in [-0.2, 0) is 26.0 Å². The summed E-state index contributed by atoms with van der Waals surface area (Å²) in [5, 5.41) is 2.73. The van der Waals surface area contributed by atoms with Crippen LogP contribution in [0.1, 0.15) is 26.3 Å². The van der Waals surface area contributed by atoms with Crippen LogP contribution in [0.25, 0.3) is 0 Å². The first-order valence-corrected chi connectivity index (χ1v) is 14.2. The van der Waals surface area contributed by atoms with Crippen molar-refractivity contribution in [1.82, 2.24) is 10.2 Å². The van der Waals surface area contributed by atoms with Crippen LogP contribution in [0.2, 0.25) is 0 Å². The van der Waals surface area contributed by atoms with Crippen molar-refractivity contribution in [1.29, 1.82) is 0 Å². The highest BCUT2D eigenvalue weighted by atomic mass is 32.2. The van der Waals surface area contributed by atoms with Crippen molar-refractivity contribution in [2.24, 2.45) is 0 Å². The van der Waals surface area contributed by atoms with Gasteiger partial charge in [-0.05, 0) is 81.3 Å². The van der Waals surface area contributed by atoms with E-state index in [-0.39, 0.29) is 23.0 Å². The van der Waals surface area contributed by atoms with E-state index in [0.29, 0.717) is 25.3 Å². The molecule has 0 saturated heterocycles. The molecule has 3 rings (SSSR count). The first kappa shape index (κ1) is 29.6. The maximum absolute atomic E-state index is 13.8. The number of halogens is 1. The van der Waals surface area contributed by atoms with Gasteiger partial charge in [-0.2, -0.15) is 0 Å². The Balaban J connectivity index is 1.97. The standard InChI is InChI=1S/C29H34FN3O5S/c1-4-31-29(35)22(3)32(20-19-23-9-7-6-8-10-23)28(34)21-33(25-13-15-26(16-14-25)38-5-2)39(36,37)27-17-11-24(30)12-18-27/h6-18,22H,4-5,19-21H2,1-3H3,(H,31,35)/t22-/m1/s1. The summed E-state index contributed by atoms with van der Waals surface area (Å²) in [7, 11) is -4.27. The molecule has 0 aliphatic rings. The molecule has 2 amide bonds. The van der Waals surface area contributed by atoms with Crippen molar-refractivity contribution >= 4 is 27.5 Å². The topological polar surface area (TPSA) is 96.0 Å². The third-order valence-corrected chi connectivity index (χ3v) is 7.91. The van der Waals surface area contributed by atoms with Crippen molar-refractivity contribution in [3.05, 3.63) is 90.2 Å². The lowest BCUT2D eigenvalue weighted by Gasteiger charge is -2.32. The molecule has 1 N–H and O–H groups in total. The molecule has 0 aromatic heterocycles. The Bertz CT molecular complexity index is 1330. The minimum absolute atomic E-state index is 0.168. The number of carbonyl (C=O) groups excluding carboxylic acids is 2. The lowest BCUT2D eigenvalue weighted by Crippen LogP contribution is -2.52. The molecule has 0 radical (unpaired) electrons. The number of hydrogen-bond donors (Lipinski definition) is 1. The number of anilines is 1. The SMILES string of the molecule is CCNC(=O)[C@@H](C)N(CCc1ccccc1)C(=O)CN(c1ccc(OCC)cc1)S(=O)(=O)c1ccc(F)cc1. The zero-order chi connectivity index (χ0) is 28.4. The maximum atomic E-state index is 13.8. The van der Waals surface area contributed by atoms with Crippen LogP contribution in [0.15, 0.2) is 83.8 Å². The molecule has 10 heteroatoms. The molecule has 3 aromatic rings. The Labute approximate surface area is 229 Å². The van der Waals surface area contributed by atoms with Crippen LogP contribution in [0.3, 0.4) is 0 Å². The van der Waals surface area contributed by atoms with Gasteiger partial charge in [-0.15, -0.1) is 0 Å². The summed E-state index contributed by atoms with van der Waals surface area (Å²) < 4.78 is 47.4. The normalized spacial score (nSPS) is 11.9. The number of nitrogens with one attached hydrogen (secondary N) is 1. The average Bonchev–Trinajstić information content (AvgIpc) is 2.93. The summed E-state index contributed by atoms with van der Waals surface area (Å²) >= 11 is 0. The van der Waals surface area contributed by atoms with Crippen LogP contribution in [0.5, 0.6) is 5.75 Å². The van der Waals surface area contributed by atoms with Crippen LogP contribution in [-0.4, -0.2) is 57.4 Å². The summed E-state index contributed by atoms with van der Waals surface area (Å²) in [6, 6.07) is 19.4. The van der Waals surface area contributed by atoms with E-state index in [2.05, 4.69) is 5.32 Å². The minimum Gasteiger partial charge on any atom is -0.494 e. The molecule has 0 heterocycles. The molecule has 0 fully saturated rings. The predicted octanol–water partition coefficient (Wildman–Crippen LogP) is 4.02. The van der Waals surface area contributed by atoms with E-state index in [0.717, 1.165) is 34.1 Å². The lowest BCUT2D eigenvalue weighted by molar-refractivity contribution is -0.138. The molecular weight excluding hydrogens is 521 g/mol. The number of carbonyl (C=O) groups is 2. The number of benzene rings is 3. The highest BCUT2D eigenvalue weighted by molar-refractivity contribution is 7.92. The summed E-state index contributed by atoms with van der Waals surface area (Å²) in [5.74, 6) is -0.932. The van der Waals surface area contributed by atoms with Gasteiger partial charge in [-0.3, -0.25) is 13.9 Å². The van der Waals surface area contributed by atoms with E-state index in [1.54, 1.807) is 38.1 Å². The van der Waals surface area contributed by atoms with E-state index in [1.807, 2.05) is 37.3 Å². The Morgan fingerprint density at radius 1 is 0.949 bits per heavy atom. The van der Waals surface area contributed by atoms with Crippen molar-refractivity contribution in [3.63, 3.8) is 0 Å². The van der Waals surface area contributed by atoms with Gasteiger partial charge in [0.25, 0.3) is 10.0 Å². The molecule has 0 saturated carbocycles.